The molecule has 1 aliphatic rings. The molecule has 13 heavy (non-hydrogen) atoms. The standard InChI is InChI=1S/C9H11ClFNO/c10-9(3-1-5-11)4-2-8(13)7(12)6-9/h2,4,6H,1,3,5,12H2. The van der Waals surface area contributed by atoms with Crippen molar-refractivity contribution in [2.45, 2.75) is 17.7 Å². The Hall–Kier alpha value is -0.830. The Morgan fingerprint density at radius 3 is 2.85 bits per heavy atom. The summed E-state index contributed by atoms with van der Waals surface area (Å²) in [4.78, 5) is 10.2. The van der Waals surface area contributed by atoms with Crippen LogP contribution in [0.1, 0.15) is 12.8 Å². The van der Waals surface area contributed by atoms with Crippen LogP contribution in [0.15, 0.2) is 23.9 Å². The number of allylic oxidation sites excluding steroid dienone is 3. The van der Waals surface area contributed by atoms with Gasteiger partial charge in [0.25, 0.3) is 0 Å². The molecule has 0 spiro atoms. The third kappa shape index (κ3) is 2.56. The molecule has 1 atom stereocenters. The lowest BCUT2D eigenvalue weighted by Crippen LogP contribution is -2.25. The number of carbonyl (C=O) groups excluding carboxylic acids is 1. The molecule has 1 aliphatic carbocycles. The van der Waals surface area contributed by atoms with Crippen LogP contribution in [0.2, 0.25) is 0 Å². The SMILES string of the molecule is NC1=CC(Cl)(CCCF)C=CC1=O. The van der Waals surface area contributed by atoms with Crippen molar-refractivity contribution in [2.75, 3.05) is 6.67 Å². The van der Waals surface area contributed by atoms with Crippen LogP contribution in [-0.2, 0) is 4.79 Å². The first-order valence-electron chi connectivity index (χ1n) is 4.04. The van der Waals surface area contributed by atoms with Gasteiger partial charge in [0.2, 0.25) is 5.78 Å². The van der Waals surface area contributed by atoms with E-state index in [9.17, 15) is 9.18 Å². The van der Waals surface area contributed by atoms with Crippen molar-refractivity contribution in [1.29, 1.82) is 0 Å². The van der Waals surface area contributed by atoms with Crippen LogP contribution < -0.4 is 5.73 Å². The summed E-state index contributed by atoms with van der Waals surface area (Å²) in [6, 6.07) is 0. The molecule has 0 aromatic heterocycles. The van der Waals surface area contributed by atoms with Crippen LogP contribution >= 0.6 is 11.6 Å². The first kappa shape index (κ1) is 10.3. The van der Waals surface area contributed by atoms with Crippen LogP contribution in [-0.4, -0.2) is 17.3 Å². The molecule has 72 valence electrons. The lowest BCUT2D eigenvalue weighted by Gasteiger charge is -2.21. The predicted molar refractivity (Wildman–Crippen MR) is 50.2 cm³/mol. The van der Waals surface area contributed by atoms with Gasteiger partial charge in [0.15, 0.2) is 0 Å². The van der Waals surface area contributed by atoms with E-state index in [1.54, 1.807) is 6.08 Å². The minimum absolute atomic E-state index is 0.136. The monoisotopic (exact) mass is 203 g/mol. The second-order valence-corrected chi connectivity index (χ2v) is 3.72. The average molecular weight is 204 g/mol. The van der Waals surface area contributed by atoms with Crippen LogP contribution in [0, 0.1) is 0 Å². The number of hydrogen-bond donors (Lipinski definition) is 1. The Morgan fingerprint density at radius 1 is 1.62 bits per heavy atom. The van der Waals surface area contributed by atoms with E-state index in [0.29, 0.717) is 12.8 Å². The average Bonchev–Trinajstić information content (AvgIpc) is 2.09. The van der Waals surface area contributed by atoms with Gasteiger partial charge in [-0.15, -0.1) is 11.6 Å². The maximum absolute atomic E-state index is 11.9. The third-order valence-corrected chi connectivity index (χ3v) is 2.31. The molecule has 0 aromatic rings. The largest absolute Gasteiger partial charge is 0.396 e. The molecule has 0 saturated heterocycles. The van der Waals surface area contributed by atoms with Gasteiger partial charge in [-0.2, -0.15) is 0 Å². The van der Waals surface area contributed by atoms with E-state index in [4.69, 9.17) is 17.3 Å². The van der Waals surface area contributed by atoms with Crippen LogP contribution in [0.3, 0.4) is 0 Å². The lowest BCUT2D eigenvalue weighted by molar-refractivity contribution is -0.111. The van der Waals surface area contributed by atoms with Gasteiger partial charge in [-0.25, -0.2) is 0 Å². The molecular weight excluding hydrogens is 193 g/mol. The topological polar surface area (TPSA) is 43.1 Å². The second-order valence-electron chi connectivity index (χ2n) is 3.02. The van der Waals surface area contributed by atoms with Gasteiger partial charge in [-0.3, -0.25) is 9.18 Å². The molecule has 1 rings (SSSR count). The summed E-state index contributed by atoms with van der Waals surface area (Å²) in [5, 5.41) is 0. The fraction of sp³-hybridized carbons (Fsp3) is 0.444. The maximum Gasteiger partial charge on any atom is 0.200 e. The van der Waals surface area contributed by atoms with Gasteiger partial charge in [0.1, 0.15) is 0 Å². The number of hydrogen-bond acceptors (Lipinski definition) is 2. The van der Waals surface area contributed by atoms with E-state index in [1.165, 1.54) is 12.2 Å². The summed E-state index contributed by atoms with van der Waals surface area (Å²) in [5.41, 5.74) is 5.54. The Labute approximate surface area is 81.2 Å². The number of ketones is 1. The van der Waals surface area contributed by atoms with E-state index < -0.39 is 11.5 Å². The number of alkyl halides is 2. The molecule has 0 saturated carbocycles. The van der Waals surface area contributed by atoms with Crippen LogP contribution in [0.25, 0.3) is 0 Å². The van der Waals surface area contributed by atoms with E-state index in [2.05, 4.69) is 0 Å². The van der Waals surface area contributed by atoms with E-state index in [0.717, 1.165) is 0 Å². The van der Waals surface area contributed by atoms with Crippen molar-refractivity contribution in [3.63, 3.8) is 0 Å². The van der Waals surface area contributed by atoms with Crippen molar-refractivity contribution in [3.05, 3.63) is 23.9 Å². The molecule has 2 N–H and O–H groups in total. The molecule has 1 unspecified atom stereocenters. The molecule has 0 amide bonds. The van der Waals surface area contributed by atoms with Crippen molar-refractivity contribution in [1.82, 2.24) is 0 Å². The van der Waals surface area contributed by atoms with Gasteiger partial charge in [0, 0.05) is 0 Å². The van der Waals surface area contributed by atoms with Crippen LogP contribution in [0.5, 0.6) is 0 Å². The molecule has 0 aromatic carbocycles. The Kier molecular flexibility index (Phi) is 3.09. The normalized spacial score (nSPS) is 27.5. The first-order chi connectivity index (χ1) is 6.07. The molecule has 4 heteroatoms. The summed E-state index contributed by atoms with van der Waals surface area (Å²) >= 11 is 6.05. The molecular formula is C9H11ClFNO. The number of rotatable bonds is 3. The Balaban J connectivity index is 2.70. The minimum Gasteiger partial charge on any atom is -0.396 e. The molecule has 0 radical (unpaired) electrons. The van der Waals surface area contributed by atoms with Crippen molar-refractivity contribution in [3.8, 4) is 0 Å². The van der Waals surface area contributed by atoms with Gasteiger partial charge in [-0.1, -0.05) is 6.08 Å². The van der Waals surface area contributed by atoms with Crippen molar-refractivity contribution >= 4 is 17.4 Å². The number of nitrogens with two attached hydrogens (primary N) is 1. The van der Waals surface area contributed by atoms with E-state index in [1.807, 2.05) is 0 Å². The quantitative estimate of drug-likeness (QED) is 0.710. The second kappa shape index (κ2) is 3.92. The highest BCUT2D eigenvalue weighted by Crippen LogP contribution is 2.29. The highest BCUT2D eigenvalue weighted by molar-refractivity contribution is 6.28. The summed E-state index contributed by atoms with van der Waals surface area (Å²) < 4.78 is 11.9. The highest BCUT2D eigenvalue weighted by atomic mass is 35.5. The fourth-order valence-electron chi connectivity index (χ4n) is 1.18. The summed E-state index contributed by atoms with van der Waals surface area (Å²) in [6.07, 6.45) is 5.19. The van der Waals surface area contributed by atoms with Crippen molar-refractivity contribution < 1.29 is 9.18 Å². The summed E-state index contributed by atoms with van der Waals surface area (Å²) in [6.45, 7) is -0.413. The Bertz CT molecular complexity index is 275. The maximum atomic E-state index is 11.9. The van der Waals surface area contributed by atoms with E-state index in [-0.39, 0.29) is 11.5 Å². The first-order valence-corrected chi connectivity index (χ1v) is 4.42. The highest BCUT2D eigenvalue weighted by Gasteiger charge is 2.25. The van der Waals surface area contributed by atoms with Crippen LogP contribution in [0.4, 0.5) is 4.39 Å². The number of halogens is 2. The van der Waals surface area contributed by atoms with E-state index >= 15 is 0 Å². The zero-order chi connectivity index (χ0) is 9.90. The van der Waals surface area contributed by atoms with Gasteiger partial charge >= 0.3 is 0 Å². The number of carbonyl (C=O) groups is 1. The molecule has 0 fully saturated rings. The van der Waals surface area contributed by atoms with Gasteiger partial charge in [-0.05, 0) is 25.0 Å². The third-order valence-electron chi connectivity index (χ3n) is 1.89. The molecule has 0 bridgehead atoms. The van der Waals surface area contributed by atoms with Gasteiger partial charge in [0.05, 0.1) is 17.2 Å². The zero-order valence-electron chi connectivity index (χ0n) is 7.09. The molecule has 2 nitrogen and oxygen atoms in total. The van der Waals surface area contributed by atoms with Crippen molar-refractivity contribution in [2.24, 2.45) is 5.73 Å². The van der Waals surface area contributed by atoms with Gasteiger partial charge < -0.3 is 5.73 Å². The lowest BCUT2D eigenvalue weighted by atomic mass is 9.95. The zero-order valence-corrected chi connectivity index (χ0v) is 7.85. The summed E-state index contributed by atoms with van der Waals surface area (Å²) in [5.74, 6) is -0.239. The fourth-order valence-corrected chi connectivity index (χ4v) is 1.50. The molecule has 0 aliphatic heterocycles. The summed E-state index contributed by atoms with van der Waals surface area (Å²) in [7, 11) is 0. The Morgan fingerprint density at radius 2 is 2.31 bits per heavy atom. The smallest absolute Gasteiger partial charge is 0.200 e. The minimum atomic E-state index is -0.774. The predicted octanol–water partition coefficient (Wildman–Crippen LogP) is 1.70. The molecule has 0 heterocycles.